The van der Waals surface area contributed by atoms with E-state index in [-0.39, 0.29) is 18.1 Å². The quantitative estimate of drug-likeness (QED) is 0.222. The molecule has 0 saturated carbocycles. The van der Waals surface area contributed by atoms with Crippen molar-refractivity contribution < 1.29 is 28.9 Å². The van der Waals surface area contributed by atoms with Crippen LogP contribution in [0.15, 0.2) is 78.9 Å². The van der Waals surface area contributed by atoms with Gasteiger partial charge in [0.05, 0.1) is 30.1 Å². The second-order valence-corrected chi connectivity index (χ2v) is 7.93. The van der Waals surface area contributed by atoms with E-state index in [1.165, 1.54) is 31.4 Å². The van der Waals surface area contributed by atoms with Gasteiger partial charge in [0.1, 0.15) is 6.10 Å². The summed E-state index contributed by atoms with van der Waals surface area (Å²) in [6.45, 7) is 1.99. The third-order valence-corrected chi connectivity index (χ3v) is 5.34. The molecule has 196 valence electrons. The molecule has 0 heterocycles. The number of ether oxygens (including phenoxy) is 3. The maximum absolute atomic E-state index is 12.8. The van der Waals surface area contributed by atoms with Gasteiger partial charge in [-0.15, -0.1) is 0 Å². The molecule has 0 saturated heterocycles. The average Bonchev–Trinajstić information content (AvgIpc) is 2.91. The van der Waals surface area contributed by atoms with Gasteiger partial charge >= 0.3 is 6.09 Å². The van der Waals surface area contributed by atoms with Crippen molar-refractivity contribution in [2.45, 2.75) is 19.1 Å². The molecule has 2 atom stereocenters. The Morgan fingerprint density at radius 3 is 2.47 bits per heavy atom. The summed E-state index contributed by atoms with van der Waals surface area (Å²) < 4.78 is 16.6. The summed E-state index contributed by atoms with van der Waals surface area (Å²) >= 11 is 0. The molecule has 3 aromatic rings. The number of nitrogens with one attached hydrogen (secondary N) is 2. The van der Waals surface area contributed by atoms with Gasteiger partial charge in [-0.3, -0.25) is 10.1 Å². The summed E-state index contributed by atoms with van der Waals surface area (Å²) in [7, 11) is 1.41. The summed E-state index contributed by atoms with van der Waals surface area (Å²) in [6, 6.07) is 19.6. The number of phenols is 1. The molecule has 0 radical (unpaired) electrons. The molecule has 0 bridgehead atoms. The van der Waals surface area contributed by atoms with Crippen molar-refractivity contribution in [3.63, 3.8) is 0 Å². The van der Waals surface area contributed by atoms with Gasteiger partial charge in [0.15, 0.2) is 17.6 Å². The van der Waals surface area contributed by atoms with Gasteiger partial charge in [0.25, 0.3) is 0 Å². The lowest BCUT2D eigenvalue weighted by molar-refractivity contribution is -0.112. The van der Waals surface area contributed by atoms with Gasteiger partial charge < -0.3 is 30.4 Å². The fourth-order valence-corrected chi connectivity index (χ4v) is 3.50. The number of aromatic hydroxyl groups is 1. The van der Waals surface area contributed by atoms with E-state index in [9.17, 15) is 14.7 Å². The Hall–Kier alpha value is -5.01. The number of nitrogen functional groups attached to an aromatic ring is 1. The maximum atomic E-state index is 12.8. The maximum Gasteiger partial charge on any atom is 0.412 e. The zero-order valence-corrected chi connectivity index (χ0v) is 20.9. The van der Waals surface area contributed by atoms with Crippen molar-refractivity contribution in [1.29, 1.82) is 5.26 Å². The molecule has 0 aliphatic rings. The molecule has 0 aliphatic carbocycles. The molecule has 2 amide bonds. The van der Waals surface area contributed by atoms with Crippen molar-refractivity contribution in [3.8, 4) is 17.6 Å². The van der Waals surface area contributed by atoms with Crippen LogP contribution in [0.3, 0.4) is 0 Å². The normalized spacial score (nSPS) is 12.2. The van der Waals surface area contributed by atoms with Crippen LogP contribution >= 0.6 is 0 Å². The summed E-state index contributed by atoms with van der Waals surface area (Å²) in [5.74, 6) is -0.397. The smallest absolute Gasteiger partial charge is 0.412 e. The highest BCUT2D eigenvalue weighted by molar-refractivity contribution is 6.01. The van der Waals surface area contributed by atoms with Crippen LogP contribution in [-0.2, 0) is 14.3 Å². The van der Waals surface area contributed by atoms with Crippen LogP contribution in [0, 0.1) is 11.3 Å². The SMILES string of the molecule is CCO[C@H](/C=C/C(=O)Nc1ccccc1N)[C@H](OC(=O)Nc1ccc(C#N)cc1)c1ccc(OC)c(O)c1. The first kappa shape index (κ1) is 27.6. The van der Waals surface area contributed by atoms with E-state index in [0.29, 0.717) is 28.2 Å². The van der Waals surface area contributed by atoms with Crippen molar-refractivity contribution in [3.05, 3.63) is 90.0 Å². The second-order valence-electron chi connectivity index (χ2n) is 7.93. The fourth-order valence-electron chi connectivity index (χ4n) is 3.50. The van der Waals surface area contributed by atoms with E-state index in [2.05, 4.69) is 10.6 Å². The Bertz CT molecular complexity index is 1330. The lowest BCUT2D eigenvalue weighted by atomic mass is 10.0. The van der Waals surface area contributed by atoms with Crippen LogP contribution in [0.5, 0.6) is 11.5 Å². The monoisotopic (exact) mass is 516 g/mol. The van der Waals surface area contributed by atoms with Gasteiger partial charge in [-0.1, -0.05) is 18.2 Å². The van der Waals surface area contributed by atoms with E-state index in [1.807, 2.05) is 6.07 Å². The molecule has 38 heavy (non-hydrogen) atoms. The molecular formula is C28H28N4O6. The number of methoxy groups -OCH3 is 1. The van der Waals surface area contributed by atoms with Crippen LogP contribution < -0.4 is 21.1 Å². The van der Waals surface area contributed by atoms with Gasteiger partial charge in [-0.05, 0) is 67.1 Å². The third kappa shape index (κ3) is 7.49. The molecule has 3 rings (SSSR count). The first-order chi connectivity index (χ1) is 18.3. The molecule has 0 unspecified atom stereocenters. The Balaban J connectivity index is 1.86. The predicted molar refractivity (Wildman–Crippen MR) is 143 cm³/mol. The molecular weight excluding hydrogens is 488 g/mol. The number of rotatable bonds is 10. The molecule has 0 spiro atoms. The van der Waals surface area contributed by atoms with Crippen molar-refractivity contribution in [2.24, 2.45) is 0 Å². The van der Waals surface area contributed by atoms with Crippen LogP contribution in [-0.4, -0.2) is 36.9 Å². The average molecular weight is 517 g/mol. The van der Waals surface area contributed by atoms with E-state index < -0.39 is 24.2 Å². The predicted octanol–water partition coefficient (Wildman–Crippen LogP) is 4.74. The Labute approximate surface area is 220 Å². The lowest BCUT2D eigenvalue weighted by Gasteiger charge is -2.25. The number of carbonyl (C=O) groups is 2. The molecule has 5 N–H and O–H groups in total. The van der Waals surface area contributed by atoms with E-state index in [0.717, 1.165) is 0 Å². The Kier molecular flexibility index (Phi) is 9.68. The number of carbonyl (C=O) groups excluding carboxylic acids is 2. The zero-order chi connectivity index (χ0) is 27.5. The first-order valence-electron chi connectivity index (χ1n) is 11.6. The molecule has 0 fully saturated rings. The molecule has 10 nitrogen and oxygen atoms in total. The number of para-hydroxylation sites is 2. The van der Waals surface area contributed by atoms with Gasteiger partial charge in [-0.2, -0.15) is 5.26 Å². The van der Waals surface area contributed by atoms with Gasteiger partial charge in [0, 0.05) is 18.4 Å². The number of nitriles is 1. The zero-order valence-electron chi connectivity index (χ0n) is 20.9. The number of phenolic OH excluding ortho intramolecular Hbond substituents is 1. The number of anilines is 3. The highest BCUT2D eigenvalue weighted by atomic mass is 16.6. The van der Waals surface area contributed by atoms with Crippen LogP contribution in [0.2, 0.25) is 0 Å². The largest absolute Gasteiger partial charge is 0.504 e. The number of hydrogen-bond donors (Lipinski definition) is 4. The molecule has 10 heteroatoms. The topological polar surface area (TPSA) is 156 Å². The second kappa shape index (κ2) is 13.3. The van der Waals surface area contributed by atoms with Crippen molar-refractivity contribution in [1.82, 2.24) is 0 Å². The number of nitrogens with two attached hydrogens (primary N) is 1. The minimum absolute atomic E-state index is 0.164. The molecule has 0 aromatic heterocycles. The summed E-state index contributed by atoms with van der Waals surface area (Å²) in [4.78, 5) is 25.4. The summed E-state index contributed by atoms with van der Waals surface area (Å²) in [6.07, 6.45) is -0.0619. The van der Waals surface area contributed by atoms with Crippen LogP contribution in [0.1, 0.15) is 24.2 Å². The van der Waals surface area contributed by atoms with Crippen molar-refractivity contribution >= 4 is 29.1 Å². The van der Waals surface area contributed by atoms with Gasteiger partial charge in [0.2, 0.25) is 5.91 Å². The van der Waals surface area contributed by atoms with E-state index in [4.69, 9.17) is 25.2 Å². The Morgan fingerprint density at radius 1 is 1.11 bits per heavy atom. The molecule has 0 aliphatic heterocycles. The minimum Gasteiger partial charge on any atom is -0.504 e. The van der Waals surface area contributed by atoms with Gasteiger partial charge in [-0.25, -0.2) is 4.79 Å². The summed E-state index contributed by atoms with van der Waals surface area (Å²) in [5.41, 5.74) is 7.99. The van der Waals surface area contributed by atoms with E-state index >= 15 is 0 Å². The highest BCUT2D eigenvalue weighted by Crippen LogP contribution is 2.33. The number of hydrogen-bond acceptors (Lipinski definition) is 8. The molecule has 3 aromatic carbocycles. The highest BCUT2D eigenvalue weighted by Gasteiger charge is 2.27. The first-order valence-corrected chi connectivity index (χ1v) is 11.6. The lowest BCUT2D eigenvalue weighted by Crippen LogP contribution is -2.28. The minimum atomic E-state index is -1.06. The third-order valence-electron chi connectivity index (χ3n) is 5.34. The Morgan fingerprint density at radius 2 is 1.84 bits per heavy atom. The number of nitrogens with zero attached hydrogens (tertiary/aromatic N) is 1. The van der Waals surface area contributed by atoms with Crippen LogP contribution in [0.4, 0.5) is 21.9 Å². The fraction of sp³-hybridized carbons (Fsp3) is 0.179. The van der Waals surface area contributed by atoms with Crippen molar-refractivity contribution in [2.75, 3.05) is 30.1 Å². The standard InChI is InChI=1S/C28H28N4O6/c1-3-37-25(14-15-26(34)32-22-7-5-4-6-21(22)30)27(19-10-13-24(36-2)23(33)16-19)38-28(35)31-20-11-8-18(17-29)9-12-20/h4-16,25,27,33H,3,30H2,1-2H3,(H,31,35)(H,32,34)/b15-14+/t25-,27-/m1/s1. The number of benzene rings is 3. The summed E-state index contributed by atoms with van der Waals surface area (Å²) in [5, 5.41) is 24.6. The van der Waals surface area contributed by atoms with Crippen LogP contribution in [0.25, 0.3) is 0 Å². The van der Waals surface area contributed by atoms with E-state index in [1.54, 1.807) is 61.5 Å². The number of amides is 2.